The minimum absolute atomic E-state index is 0.137. The van der Waals surface area contributed by atoms with E-state index in [2.05, 4.69) is 30.2 Å². The Bertz CT molecular complexity index is 974. The third kappa shape index (κ3) is 2.89. The lowest BCUT2D eigenvalue weighted by Gasteiger charge is -2.23. The van der Waals surface area contributed by atoms with Crippen LogP contribution in [0.3, 0.4) is 0 Å². The van der Waals surface area contributed by atoms with Crippen molar-refractivity contribution in [2.24, 2.45) is 0 Å². The van der Waals surface area contributed by atoms with Crippen LogP contribution in [0.1, 0.15) is 45.2 Å². The van der Waals surface area contributed by atoms with Gasteiger partial charge in [0, 0.05) is 11.4 Å². The Morgan fingerprint density at radius 3 is 2.64 bits per heavy atom. The van der Waals surface area contributed by atoms with Gasteiger partial charge in [0.25, 0.3) is 0 Å². The SMILES string of the molecule is Cc1cccc(-n2nc(C)c3c2C[C@H](c2cccc(Cl)c2)CC3=O)c1. The van der Waals surface area contributed by atoms with Gasteiger partial charge < -0.3 is 0 Å². The summed E-state index contributed by atoms with van der Waals surface area (Å²) in [6.07, 6.45) is 1.30. The number of benzene rings is 2. The lowest BCUT2D eigenvalue weighted by molar-refractivity contribution is 0.0963. The minimum Gasteiger partial charge on any atom is -0.294 e. The van der Waals surface area contributed by atoms with Gasteiger partial charge in [-0.15, -0.1) is 0 Å². The Labute approximate surface area is 152 Å². The van der Waals surface area contributed by atoms with Crippen molar-refractivity contribution >= 4 is 17.4 Å². The predicted molar refractivity (Wildman–Crippen MR) is 99.9 cm³/mol. The summed E-state index contributed by atoms with van der Waals surface area (Å²) in [6, 6.07) is 16.0. The summed E-state index contributed by atoms with van der Waals surface area (Å²) in [5.41, 5.74) is 5.90. The molecule has 1 aliphatic rings. The molecule has 1 aromatic heterocycles. The number of nitrogens with zero attached hydrogens (tertiary/aromatic N) is 2. The number of hydrogen-bond acceptors (Lipinski definition) is 2. The third-order valence-electron chi connectivity index (χ3n) is 4.87. The van der Waals surface area contributed by atoms with Crippen LogP contribution in [0.2, 0.25) is 5.02 Å². The molecule has 0 bridgehead atoms. The van der Waals surface area contributed by atoms with Crippen LogP contribution in [-0.2, 0) is 6.42 Å². The van der Waals surface area contributed by atoms with Crippen molar-refractivity contribution in [1.29, 1.82) is 0 Å². The molecule has 0 fully saturated rings. The summed E-state index contributed by atoms with van der Waals surface area (Å²) in [6.45, 7) is 3.98. The molecule has 0 spiro atoms. The average Bonchev–Trinajstić information content (AvgIpc) is 2.92. The van der Waals surface area contributed by atoms with E-state index in [0.29, 0.717) is 11.4 Å². The van der Waals surface area contributed by atoms with Gasteiger partial charge in [-0.3, -0.25) is 4.79 Å². The molecule has 0 unspecified atom stereocenters. The van der Waals surface area contributed by atoms with E-state index in [4.69, 9.17) is 11.6 Å². The van der Waals surface area contributed by atoms with Crippen LogP contribution in [0.15, 0.2) is 48.5 Å². The first-order valence-electron chi connectivity index (χ1n) is 8.47. The number of hydrogen-bond donors (Lipinski definition) is 0. The molecule has 4 heteroatoms. The Hall–Kier alpha value is -2.39. The lowest BCUT2D eigenvalue weighted by atomic mass is 9.81. The van der Waals surface area contributed by atoms with E-state index >= 15 is 0 Å². The van der Waals surface area contributed by atoms with Gasteiger partial charge in [-0.25, -0.2) is 4.68 Å². The first-order valence-corrected chi connectivity index (χ1v) is 8.85. The molecule has 1 atom stereocenters. The number of fused-ring (bicyclic) bond motifs is 1. The fraction of sp³-hybridized carbons (Fsp3) is 0.238. The number of halogens is 1. The second-order valence-electron chi connectivity index (χ2n) is 6.74. The summed E-state index contributed by atoms with van der Waals surface area (Å²) in [5.74, 6) is 0.306. The van der Waals surface area contributed by atoms with Crippen LogP contribution in [0.25, 0.3) is 5.69 Å². The number of aryl methyl sites for hydroxylation is 2. The zero-order chi connectivity index (χ0) is 17.6. The molecular weight excluding hydrogens is 332 g/mol. The lowest BCUT2D eigenvalue weighted by Crippen LogP contribution is -2.20. The molecule has 0 N–H and O–H groups in total. The summed E-state index contributed by atoms with van der Waals surface area (Å²) in [5, 5.41) is 5.38. The largest absolute Gasteiger partial charge is 0.294 e. The van der Waals surface area contributed by atoms with Gasteiger partial charge in [0.15, 0.2) is 5.78 Å². The first-order chi connectivity index (χ1) is 12.0. The van der Waals surface area contributed by atoms with Gasteiger partial charge in [-0.2, -0.15) is 5.10 Å². The predicted octanol–water partition coefficient (Wildman–Crippen LogP) is 5.06. The highest BCUT2D eigenvalue weighted by molar-refractivity contribution is 6.30. The van der Waals surface area contributed by atoms with E-state index in [-0.39, 0.29) is 11.7 Å². The molecular formula is C21H19ClN2O. The molecule has 3 aromatic rings. The quantitative estimate of drug-likeness (QED) is 0.647. The zero-order valence-corrected chi connectivity index (χ0v) is 15.0. The average molecular weight is 351 g/mol. The van der Waals surface area contributed by atoms with Gasteiger partial charge in [-0.1, -0.05) is 35.9 Å². The zero-order valence-electron chi connectivity index (χ0n) is 14.3. The molecule has 126 valence electrons. The Balaban J connectivity index is 1.81. The molecule has 0 saturated heterocycles. The standard InChI is InChI=1S/C21H19ClN2O/c1-13-5-3-8-18(9-13)24-19-11-16(15-6-4-7-17(22)10-15)12-20(25)21(19)14(2)23-24/h3-10,16H,11-12H2,1-2H3/t16-/m0/s1. The molecule has 0 saturated carbocycles. The Morgan fingerprint density at radius 1 is 1.08 bits per heavy atom. The van der Waals surface area contributed by atoms with Crippen LogP contribution in [-0.4, -0.2) is 15.6 Å². The fourth-order valence-corrected chi connectivity index (χ4v) is 3.93. The second-order valence-corrected chi connectivity index (χ2v) is 7.18. The molecule has 1 aliphatic carbocycles. The number of ketones is 1. The van der Waals surface area contributed by atoms with Crippen LogP contribution < -0.4 is 0 Å². The van der Waals surface area contributed by atoms with Gasteiger partial charge >= 0.3 is 0 Å². The van der Waals surface area contributed by atoms with E-state index in [1.807, 2.05) is 41.9 Å². The van der Waals surface area contributed by atoms with Crippen LogP contribution >= 0.6 is 11.6 Å². The van der Waals surface area contributed by atoms with Crippen LogP contribution in [0.4, 0.5) is 0 Å². The molecule has 1 heterocycles. The van der Waals surface area contributed by atoms with E-state index < -0.39 is 0 Å². The maximum Gasteiger partial charge on any atom is 0.167 e. The monoisotopic (exact) mass is 350 g/mol. The summed E-state index contributed by atoms with van der Waals surface area (Å²) in [4.78, 5) is 12.8. The smallest absolute Gasteiger partial charge is 0.167 e. The van der Waals surface area contributed by atoms with Crippen molar-refractivity contribution in [2.45, 2.75) is 32.6 Å². The number of carbonyl (C=O) groups excluding carboxylic acids is 1. The van der Waals surface area contributed by atoms with Crippen molar-refractivity contribution in [3.63, 3.8) is 0 Å². The number of aromatic nitrogens is 2. The molecule has 25 heavy (non-hydrogen) atoms. The normalized spacial score (nSPS) is 16.8. The van der Waals surface area contributed by atoms with E-state index in [1.54, 1.807) is 0 Å². The molecule has 2 aromatic carbocycles. The Kier molecular flexibility index (Phi) is 3.97. The highest BCUT2D eigenvalue weighted by atomic mass is 35.5. The topological polar surface area (TPSA) is 34.9 Å². The maximum atomic E-state index is 12.8. The molecule has 4 rings (SSSR count). The van der Waals surface area contributed by atoms with Crippen LogP contribution in [0.5, 0.6) is 0 Å². The van der Waals surface area contributed by atoms with Crippen molar-refractivity contribution in [3.8, 4) is 5.69 Å². The fourth-order valence-electron chi connectivity index (χ4n) is 3.73. The minimum atomic E-state index is 0.137. The third-order valence-corrected chi connectivity index (χ3v) is 5.11. The summed E-state index contributed by atoms with van der Waals surface area (Å²) < 4.78 is 1.94. The van der Waals surface area contributed by atoms with Crippen molar-refractivity contribution in [2.75, 3.05) is 0 Å². The second kappa shape index (κ2) is 6.16. The molecule has 0 aliphatic heterocycles. The van der Waals surface area contributed by atoms with E-state index in [1.165, 1.54) is 5.56 Å². The Morgan fingerprint density at radius 2 is 1.88 bits per heavy atom. The van der Waals surface area contributed by atoms with Gasteiger partial charge in [-0.05, 0) is 61.6 Å². The van der Waals surface area contributed by atoms with Crippen molar-refractivity contribution in [1.82, 2.24) is 9.78 Å². The van der Waals surface area contributed by atoms with Crippen molar-refractivity contribution in [3.05, 3.63) is 81.6 Å². The van der Waals surface area contributed by atoms with E-state index in [9.17, 15) is 4.79 Å². The maximum absolute atomic E-state index is 12.8. The number of Topliss-reactive ketones (excluding diaryl/α,β-unsaturated/α-hetero) is 1. The highest BCUT2D eigenvalue weighted by Crippen LogP contribution is 2.35. The van der Waals surface area contributed by atoms with Gasteiger partial charge in [0.2, 0.25) is 0 Å². The van der Waals surface area contributed by atoms with Crippen LogP contribution in [0, 0.1) is 13.8 Å². The number of carbonyl (C=O) groups is 1. The summed E-state index contributed by atoms with van der Waals surface area (Å²) >= 11 is 6.15. The molecule has 0 radical (unpaired) electrons. The molecule has 0 amide bonds. The summed E-state index contributed by atoms with van der Waals surface area (Å²) in [7, 11) is 0. The van der Waals surface area contributed by atoms with Crippen molar-refractivity contribution < 1.29 is 4.79 Å². The van der Waals surface area contributed by atoms with E-state index in [0.717, 1.165) is 34.6 Å². The first kappa shape index (κ1) is 16.1. The highest BCUT2D eigenvalue weighted by Gasteiger charge is 2.32. The number of rotatable bonds is 2. The molecule has 3 nitrogen and oxygen atoms in total. The van der Waals surface area contributed by atoms with Gasteiger partial charge in [0.1, 0.15) is 0 Å². The van der Waals surface area contributed by atoms with Gasteiger partial charge in [0.05, 0.1) is 22.6 Å².